The average molecular weight is 369 g/mol. The van der Waals surface area contributed by atoms with E-state index >= 15 is 0 Å². The molecule has 4 fully saturated rings. The Kier molecular flexibility index (Phi) is 4.52. The molecule has 7 nitrogen and oxygen atoms in total. The smallest absolute Gasteiger partial charge is 0.242 e. The number of amides is 2. The highest BCUT2D eigenvalue weighted by molar-refractivity contribution is 7.90. The van der Waals surface area contributed by atoms with Gasteiger partial charge in [0.1, 0.15) is 6.67 Å². The summed E-state index contributed by atoms with van der Waals surface area (Å²) in [5, 5.41) is 3.00. The second-order valence-corrected chi connectivity index (χ2v) is 9.88. The van der Waals surface area contributed by atoms with Crippen molar-refractivity contribution in [2.75, 3.05) is 13.2 Å². The van der Waals surface area contributed by atoms with Crippen LogP contribution in [0.2, 0.25) is 0 Å². The minimum atomic E-state index is -3.64. The maximum atomic E-state index is 12.9. The third-order valence-electron chi connectivity index (χ3n) is 6.37. The van der Waals surface area contributed by atoms with Crippen LogP contribution in [0, 0.1) is 5.92 Å². The van der Waals surface area contributed by atoms with Crippen molar-refractivity contribution < 1.29 is 18.0 Å². The van der Waals surface area contributed by atoms with Gasteiger partial charge in [0, 0.05) is 19.0 Å². The molecule has 25 heavy (non-hydrogen) atoms. The summed E-state index contributed by atoms with van der Waals surface area (Å²) in [4.78, 5) is 25.1. The van der Waals surface area contributed by atoms with E-state index in [4.69, 9.17) is 0 Å². The molecule has 0 aromatic rings. The molecule has 2 heterocycles. The highest BCUT2D eigenvalue weighted by Gasteiger charge is 2.54. The number of carbonyl (C=O) groups excluding carboxylic acids is 2. The lowest BCUT2D eigenvalue weighted by Gasteiger charge is -2.38. The summed E-state index contributed by atoms with van der Waals surface area (Å²) in [7, 11) is -3.64. The van der Waals surface area contributed by atoms with Crippen LogP contribution >= 0.6 is 0 Å². The first-order valence-electron chi connectivity index (χ1n) is 9.62. The number of hydrazine groups is 1. The van der Waals surface area contributed by atoms with E-state index < -0.39 is 21.2 Å². The number of hydrogen-bond donors (Lipinski definition) is 0. The fourth-order valence-corrected chi connectivity index (χ4v) is 7.12. The SMILES string of the molecule is O=C1CCN(C2CCCCC2)N1CN1C(=O)C2CCCCC2S1(=O)=O. The predicted molar refractivity (Wildman–Crippen MR) is 91.4 cm³/mol. The Morgan fingerprint density at radius 3 is 2.32 bits per heavy atom. The first kappa shape index (κ1) is 17.3. The molecule has 0 N–H and O–H groups in total. The number of carbonyl (C=O) groups is 2. The zero-order valence-corrected chi connectivity index (χ0v) is 15.4. The van der Waals surface area contributed by atoms with E-state index in [1.54, 1.807) is 5.01 Å². The zero-order valence-electron chi connectivity index (χ0n) is 14.6. The van der Waals surface area contributed by atoms with Gasteiger partial charge in [-0.3, -0.25) is 14.6 Å². The second-order valence-electron chi connectivity index (χ2n) is 7.80. The number of fused-ring (bicyclic) bond motifs is 1. The van der Waals surface area contributed by atoms with Gasteiger partial charge < -0.3 is 0 Å². The standard InChI is InChI=1S/C17H27N3O4S/c21-16-10-11-18(13-6-2-1-3-7-13)19(16)12-20-17(22)14-8-4-5-9-15(14)25(20,23)24/h13-15H,1-12H2. The van der Waals surface area contributed by atoms with E-state index in [0.717, 1.165) is 42.8 Å². The molecule has 0 spiro atoms. The molecule has 2 saturated carbocycles. The summed E-state index contributed by atoms with van der Waals surface area (Å²) in [6.45, 7) is 0.516. The topological polar surface area (TPSA) is 78.0 Å². The van der Waals surface area contributed by atoms with Crippen LogP contribution in [0.3, 0.4) is 0 Å². The van der Waals surface area contributed by atoms with Crippen molar-refractivity contribution in [2.45, 2.75) is 75.5 Å². The van der Waals surface area contributed by atoms with Gasteiger partial charge in [-0.2, -0.15) is 0 Å². The lowest BCUT2D eigenvalue weighted by molar-refractivity contribution is -0.148. The van der Waals surface area contributed by atoms with Gasteiger partial charge in [-0.25, -0.2) is 17.7 Å². The molecule has 0 aromatic heterocycles. The fourth-order valence-electron chi connectivity index (χ4n) is 5.00. The minimum Gasteiger partial charge on any atom is -0.273 e. The molecule has 2 aliphatic carbocycles. The molecule has 0 aromatic carbocycles. The van der Waals surface area contributed by atoms with Crippen molar-refractivity contribution >= 4 is 21.8 Å². The number of hydrogen-bond acceptors (Lipinski definition) is 5. The van der Waals surface area contributed by atoms with E-state index in [1.165, 1.54) is 6.42 Å². The molecule has 4 aliphatic rings. The molecule has 140 valence electrons. The van der Waals surface area contributed by atoms with Gasteiger partial charge >= 0.3 is 0 Å². The molecular weight excluding hydrogens is 342 g/mol. The Morgan fingerprint density at radius 2 is 1.60 bits per heavy atom. The zero-order chi connectivity index (χ0) is 17.6. The van der Waals surface area contributed by atoms with Gasteiger partial charge in [0.2, 0.25) is 21.8 Å². The third kappa shape index (κ3) is 2.87. The van der Waals surface area contributed by atoms with Crippen LogP contribution in [0.15, 0.2) is 0 Å². The maximum Gasteiger partial charge on any atom is 0.242 e. The van der Waals surface area contributed by atoms with Gasteiger partial charge in [-0.15, -0.1) is 0 Å². The van der Waals surface area contributed by atoms with Crippen LogP contribution in [0.5, 0.6) is 0 Å². The van der Waals surface area contributed by atoms with Crippen LogP contribution in [0.1, 0.15) is 64.2 Å². The Hall–Kier alpha value is -1.15. The molecule has 2 unspecified atom stereocenters. The van der Waals surface area contributed by atoms with Gasteiger partial charge in [0.05, 0.1) is 11.2 Å². The normalized spacial score (nSPS) is 33.9. The van der Waals surface area contributed by atoms with Crippen molar-refractivity contribution in [1.29, 1.82) is 0 Å². The predicted octanol–water partition coefficient (Wildman–Crippen LogP) is 1.46. The van der Waals surface area contributed by atoms with E-state index in [-0.39, 0.29) is 18.5 Å². The van der Waals surface area contributed by atoms with Crippen LogP contribution in [0.25, 0.3) is 0 Å². The third-order valence-corrected chi connectivity index (χ3v) is 8.61. The Labute approximate surface area is 149 Å². The summed E-state index contributed by atoms with van der Waals surface area (Å²) < 4.78 is 26.7. The molecular formula is C17H27N3O4S. The number of nitrogens with zero attached hydrogens (tertiary/aromatic N) is 3. The number of rotatable bonds is 3. The lowest BCUT2D eigenvalue weighted by Crippen LogP contribution is -2.52. The van der Waals surface area contributed by atoms with Crippen LogP contribution < -0.4 is 0 Å². The minimum absolute atomic E-state index is 0.0663. The second kappa shape index (κ2) is 6.54. The molecule has 0 bridgehead atoms. The first-order chi connectivity index (χ1) is 12.0. The Bertz CT molecular complexity index is 659. The van der Waals surface area contributed by atoms with Gasteiger partial charge in [-0.1, -0.05) is 32.1 Å². The summed E-state index contributed by atoms with van der Waals surface area (Å²) in [6.07, 6.45) is 8.99. The van der Waals surface area contributed by atoms with Crippen molar-refractivity contribution in [1.82, 2.24) is 14.3 Å². The average Bonchev–Trinajstić information content (AvgIpc) is 3.08. The molecule has 8 heteroatoms. The van der Waals surface area contributed by atoms with Gasteiger partial charge in [-0.05, 0) is 25.7 Å². The molecule has 2 atom stereocenters. The first-order valence-corrected chi connectivity index (χ1v) is 11.1. The van der Waals surface area contributed by atoms with Crippen LogP contribution in [-0.4, -0.2) is 59.1 Å². The van der Waals surface area contributed by atoms with E-state index in [9.17, 15) is 18.0 Å². The van der Waals surface area contributed by atoms with Gasteiger partial charge in [0.15, 0.2) is 0 Å². The van der Waals surface area contributed by atoms with E-state index in [2.05, 4.69) is 0 Å². The summed E-state index contributed by atoms with van der Waals surface area (Å²) >= 11 is 0. The van der Waals surface area contributed by atoms with Crippen LogP contribution in [-0.2, 0) is 19.6 Å². The van der Waals surface area contributed by atoms with Crippen molar-refractivity contribution in [3.8, 4) is 0 Å². The Balaban J connectivity index is 1.55. The summed E-state index contributed by atoms with van der Waals surface area (Å²) in [5.41, 5.74) is 0. The summed E-state index contributed by atoms with van der Waals surface area (Å²) in [5.74, 6) is -0.768. The van der Waals surface area contributed by atoms with Crippen molar-refractivity contribution in [2.24, 2.45) is 5.92 Å². The highest BCUT2D eigenvalue weighted by Crippen LogP contribution is 2.39. The monoisotopic (exact) mass is 369 g/mol. The fraction of sp³-hybridized carbons (Fsp3) is 0.882. The van der Waals surface area contributed by atoms with Crippen molar-refractivity contribution in [3.63, 3.8) is 0 Å². The van der Waals surface area contributed by atoms with E-state index in [1.807, 2.05) is 5.01 Å². The molecule has 2 saturated heterocycles. The lowest BCUT2D eigenvalue weighted by atomic mass is 9.88. The van der Waals surface area contributed by atoms with Crippen LogP contribution in [0.4, 0.5) is 0 Å². The van der Waals surface area contributed by atoms with Gasteiger partial charge in [0.25, 0.3) is 0 Å². The summed E-state index contributed by atoms with van der Waals surface area (Å²) in [6, 6.07) is 0.294. The Morgan fingerprint density at radius 1 is 0.920 bits per heavy atom. The van der Waals surface area contributed by atoms with E-state index in [0.29, 0.717) is 31.8 Å². The molecule has 0 radical (unpaired) electrons. The molecule has 2 aliphatic heterocycles. The highest BCUT2D eigenvalue weighted by atomic mass is 32.2. The molecule has 2 amide bonds. The number of sulfonamides is 1. The quantitative estimate of drug-likeness (QED) is 0.753. The van der Waals surface area contributed by atoms with Crippen molar-refractivity contribution in [3.05, 3.63) is 0 Å². The largest absolute Gasteiger partial charge is 0.273 e. The maximum absolute atomic E-state index is 12.9. The molecule has 4 rings (SSSR count).